The molecule has 0 unspecified atom stereocenters. The Bertz CT molecular complexity index is 563. The molecule has 5 nitrogen and oxygen atoms in total. The molecular weight excluding hydrogens is 309 g/mol. The van der Waals surface area contributed by atoms with Gasteiger partial charge in [-0.2, -0.15) is 0 Å². The van der Waals surface area contributed by atoms with Crippen LogP contribution in [0.2, 0.25) is 10.0 Å². The fourth-order valence-electron chi connectivity index (χ4n) is 1.34. The Kier molecular flexibility index (Phi) is 4.68. The number of benzene rings is 1. The average Bonchev–Trinajstić information content (AvgIpc) is 2.86. The summed E-state index contributed by atoms with van der Waals surface area (Å²) in [5.41, 5.74) is 0.287. The molecular formula is C11H9Cl2N3O2S. The van der Waals surface area contributed by atoms with Crippen molar-refractivity contribution >= 4 is 57.6 Å². The number of hydrogen-bond acceptors (Lipinski definition) is 4. The highest BCUT2D eigenvalue weighted by Gasteiger charge is 2.18. The highest BCUT2D eigenvalue weighted by Crippen LogP contribution is 2.25. The lowest BCUT2D eigenvalue weighted by atomic mass is 10.3. The Morgan fingerprint density at radius 3 is 2.63 bits per heavy atom. The number of nitrogens with one attached hydrogen (secondary N) is 2. The van der Waals surface area contributed by atoms with Crippen molar-refractivity contribution in [3.63, 3.8) is 0 Å². The van der Waals surface area contributed by atoms with Gasteiger partial charge in [-0.05, 0) is 18.2 Å². The van der Waals surface area contributed by atoms with Gasteiger partial charge in [0, 0.05) is 10.8 Å². The molecule has 0 atom stereocenters. The fourth-order valence-corrected chi connectivity index (χ4v) is 2.40. The van der Waals surface area contributed by atoms with Gasteiger partial charge in [0.1, 0.15) is 0 Å². The summed E-state index contributed by atoms with van der Waals surface area (Å²) in [7, 11) is 0. The first kappa shape index (κ1) is 14.2. The molecule has 0 fully saturated rings. The van der Waals surface area contributed by atoms with Crippen LogP contribution in [0.3, 0.4) is 0 Å². The highest BCUT2D eigenvalue weighted by molar-refractivity contribution is 8.14. The second kappa shape index (κ2) is 6.27. The smallest absolute Gasteiger partial charge is 0.315 e. The van der Waals surface area contributed by atoms with E-state index in [1.54, 1.807) is 6.07 Å². The molecule has 8 heteroatoms. The van der Waals surface area contributed by atoms with Crippen LogP contribution in [0, 0.1) is 0 Å². The van der Waals surface area contributed by atoms with E-state index in [-0.39, 0.29) is 5.69 Å². The standard InChI is InChI=1S/C11H9Cl2N3O2S/c12-6-1-2-7(13)8(5-6)15-9(17)10(18)16-11-14-3-4-19-11/h1-2,5H,3-4H2,(H,15,17)(H,14,16,18). The predicted octanol–water partition coefficient (Wildman–Crippen LogP) is 2.15. The maximum absolute atomic E-state index is 11.7. The number of amidine groups is 1. The number of halogens is 2. The van der Waals surface area contributed by atoms with Gasteiger partial charge < -0.3 is 5.32 Å². The van der Waals surface area contributed by atoms with Crippen molar-refractivity contribution < 1.29 is 9.59 Å². The molecule has 0 radical (unpaired) electrons. The zero-order valence-electron chi connectivity index (χ0n) is 9.57. The van der Waals surface area contributed by atoms with E-state index in [2.05, 4.69) is 15.6 Å². The number of rotatable bonds is 1. The fraction of sp³-hybridized carbons (Fsp3) is 0.182. The highest BCUT2D eigenvalue weighted by atomic mass is 35.5. The van der Waals surface area contributed by atoms with Crippen molar-refractivity contribution in [1.29, 1.82) is 0 Å². The third-order valence-electron chi connectivity index (χ3n) is 2.19. The van der Waals surface area contributed by atoms with Gasteiger partial charge in [-0.1, -0.05) is 35.0 Å². The summed E-state index contributed by atoms with van der Waals surface area (Å²) in [5, 5.41) is 5.98. The minimum absolute atomic E-state index is 0.287. The first-order valence-corrected chi connectivity index (χ1v) is 7.05. The van der Waals surface area contributed by atoms with Gasteiger partial charge in [0.15, 0.2) is 5.17 Å². The molecule has 2 amide bonds. The van der Waals surface area contributed by atoms with Gasteiger partial charge in [0.05, 0.1) is 17.3 Å². The van der Waals surface area contributed by atoms with Crippen LogP contribution in [0.5, 0.6) is 0 Å². The van der Waals surface area contributed by atoms with Crippen molar-refractivity contribution in [2.75, 3.05) is 17.6 Å². The first-order valence-electron chi connectivity index (χ1n) is 5.31. The lowest BCUT2D eigenvalue weighted by Crippen LogP contribution is -2.37. The summed E-state index contributed by atoms with van der Waals surface area (Å²) in [6.45, 7) is 0.641. The maximum atomic E-state index is 11.7. The molecule has 0 saturated heterocycles. The van der Waals surface area contributed by atoms with Crippen LogP contribution in [-0.4, -0.2) is 29.3 Å². The third kappa shape index (κ3) is 3.86. The van der Waals surface area contributed by atoms with Crippen LogP contribution in [0.1, 0.15) is 0 Å². The van der Waals surface area contributed by atoms with E-state index >= 15 is 0 Å². The lowest BCUT2D eigenvalue weighted by molar-refractivity contribution is -0.135. The summed E-state index contributed by atoms with van der Waals surface area (Å²) in [5.74, 6) is -0.805. The van der Waals surface area contributed by atoms with Crippen molar-refractivity contribution in [1.82, 2.24) is 5.32 Å². The molecule has 19 heavy (non-hydrogen) atoms. The van der Waals surface area contributed by atoms with Gasteiger partial charge in [0.25, 0.3) is 0 Å². The van der Waals surface area contributed by atoms with E-state index in [0.29, 0.717) is 21.8 Å². The number of carbonyl (C=O) groups is 2. The quantitative estimate of drug-likeness (QED) is 0.780. The maximum Gasteiger partial charge on any atom is 0.315 e. The average molecular weight is 318 g/mol. The second-order valence-corrected chi connectivity index (χ2v) is 5.50. The molecule has 0 bridgehead atoms. The summed E-state index contributed by atoms with van der Waals surface area (Å²) in [4.78, 5) is 27.3. The Morgan fingerprint density at radius 1 is 1.21 bits per heavy atom. The van der Waals surface area contributed by atoms with Crippen molar-refractivity contribution in [2.24, 2.45) is 4.99 Å². The van der Waals surface area contributed by atoms with Crippen molar-refractivity contribution in [3.8, 4) is 0 Å². The van der Waals surface area contributed by atoms with Gasteiger partial charge in [0.2, 0.25) is 0 Å². The molecule has 0 saturated carbocycles. The van der Waals surface area contributed by atoms with Crippen LogP contribution in [0.15, 0.2) is 23.2 Å². The number of thioether (sulfide) groups is 1. The van der Waals surface area contributed by atoms with E-state index < -0.39 is 11.8 Å². The number of amides is 2. The SMILES string of the molecule is O=C(NC1=NCCS1)C(=O)Nc1cc(Cl)ccc1Cl. The molecule has 100 valence electrons. The zero-order valence-corrected chi connectivity index (χ0v) is 11.9. The Labute approximate surface area is 123 Å². The van der Waals surface area contributed by atoms with E-state index in [0.717, 1.165) is 5.75 Å². The summed E-state index contributed by atoms with van der Waals surface area (Å²) >= 11 is 13.1. The van der Waals surface area contributed by atoms with Crippen LogP contribution in [0.4, 0.5) is 5.69 Å². The van der Waals surface area contributed by atoms with Gasteiger partial charge >= 0.3 is 11.8 Å². The van der Waals surface area contributed by atoms with Crippen LogP contribution >= 0.6 is 35.0 Å². The molecule has 0 aromatic heterocycles. The number of aliphatic imine (C=N–C) groups is 1. The van der Waals surface area contributed by atoms with E-state index in [1.165, 1.54) is 23.9 Å². The Hall–Kier alpha value is -1.24. The third-order valence-corrected chi connectivity index (χ3v) is 3.64. The molecule has 0 spiro atoms. The number of hydrogen-bond donors (Lipinski definition) is 2. The molecule has 2 rings (SSSR count). The monoisotopic (exact) mass is 317 g/mol. The molecule has 2 N–H and O–H groups in total. The molecule has 1 aliphatic heterocycles. The number of carbonyl (C=O) groups excluding carboxylic acids is 2. The Morgan fingerprint density at radius 2 is 1.95 bits per heavy atom. The zero-order chi connectivity index (χ0) is 13.8. The summed E-state index contributed by atoms with van der Waals surface area (Å²) < 4.78 is 0. The van der Waals surface area contributed by atoms with Crippen LogP contribution < -0.4 is 10.6 Å². The molecule has 1 aliphatic rings. The van der Waals surface area contributed by atoms with Gasteiger partial charge in [-0.3, -0.25) is 19.9 Å². The van der Waals surface area contributed by atoms with E-state index in [9.17, 15) is 9.59 Å². The van der Waals surface area contributed by atoms with E-state index in [4.69, 9.17) is 23.2 Å². The minimum atomic E-state index is -0.820. The molecule has 1 heterocycles. The predicted molar refractivity (Wildman–Crippen MR) is 78.0 cm³/mol. The minimum Gasteiger partial charge on any atom is -0.316 e. The Balaban J connectivity index is 2.00. The first-order chi connectivity index (χ1) is 9.06. The van der Waals surface area contributed by atoms with Crippen molar-refractivity contribution in [2.45, 2.75) is 0 Å². The van der Waals surface area contributed by atoms with Crippen LogP contribution in [0.25, 0.3) is 0 Å². The number of anilines is 1. The summed E-state index contributed by atoms with van der Waals surface area (Å²) in [6.07, 6.45) is 0. The van der Waals surface area contributed by atoms with E-state index in [1.807, 2.05) is 0 Å². The van der Waals surface area contributed by atoms with Gasteiger partial charge in [-0.25, -0.2) is 0 Å². The molecule has 1 aromatic carbocycles. The lowest BCUT2D eigenvalue weighted by Gasteiger charge is -2.07. The van der Waals surface area contributed by atoms with Crippen molar-refractivity contribution in [3.05, 3.63) is 28.2 Å². The number of nitrogens with zero attached hydrogens (tertiary/aromatic N) is 1. The molecule has 0 aliphatic carbocycles. The topological polar surface area (TPSA) is 70.6 Å². The normalized spacial score (nSPS) is 13.9. The molecule has 1 aromatic rings. The largest absolute Gasteiger partial charge is 0.316 e. The van der Waals surface area contributed by atoms with Crippen LogP contribution in [-0.2, 0) is 9.59 Å². The summed E-state index contributed by atoms with van der Waals surface area (Å²) in [6, 6.07) is 4.59. The second-order valence-electron chi connectivity index (χ2n) is 3.57. The van der Waals surface area contributed by atoms with Gasteiger partial charge in [-0.15, -0.1) is 0 Å².